The molecule has 1 aliphatic rings. The lowest BCUT2D eigenvalue weighted by molar-refractivity contribution is -0.0156. The van der Waals surface area contributed by atoms with E-state index in [4.69, 9.17) is 4.74 Å². The van der Waals surface area contributed by atoms with E-state index in [-0.39, 0.29) is 11.9 Å². The second kappa shape index (κ2) is 6.67. The molecule has 0 aliphatic carbocycles. The summed E-state index contributed by atoms with van der Waals surface area (Å²) in [6.07, 6.45) is -0.0680. The van der Waals surface area contributed by atoms with Gasteiger partial charge in [-0.3, -0.25) is 0 Å². The number of rotatable bonds is 5. The smallest absolute Gasteiger partial charge is 0.215 e. The molecule has 20 heavy (non-hydrogen) atoms. The van der Waals surface area contributed by atoms with Crippen LogP contribution in [0.5, 0.6) is 0 Å². The maximum Gasteiger partial charge on any atom is 0.215 e. The third-order valence-electron chi connectivity index (χ3n) is 3.35. The molecule has 0 saturated carbocycles. The molecule has 1 N–H and O–H groups in total. The number of ether oxygens (including phenoxy) is 1. The summed E-state index contributed by atoms with van der Waals surface area (Å²) in [6, 6.07) is 7.53. The molecule has 1 aromatic rings. The molecule has 0 spiro atoms. The minimum Gasteiger partial charge on any atom is -0.374 e. The number of nitrogens with one attached hydrogen (secondary N) is 1. The highest BCUT2D eigenvalue weighted by atomic mass is 32.2. The van der Waals surface area contributed by atoms with Gasteiger partial charge >= 0.3 is 0 Å². The van der Waals surface area contributed by atoms with Crippen LogP contribution in [-0.4, -0.2) is 52.7 Å². The summed E-state index contributed by atoms with van der Waals surface area (Å²) in [5.41, 5.74) is 1.92. The molecule has 1 unspecified atom stereocenters. The molecule has 0 amide bonds. The van der Waals surface area contributed by atoms with Crippen LogP contribution in [0.1, 0.15) is 11.1 Å². The molecule has 1 heterocycles. The Morgan fingerprint density at radius 2 is 2.05 bits per heavy atom. The van der Waals surface area contributed by atoms with Crippen molar-refractivity contribution in [1.29, 1.82) is 0 Å². The first-order valence-corrected chi connectivity index (χ1v) is 8.43. The van der Waals surface area contributed by atoms with Gasteiger partial charge in [-0.2, -0.15) is 0 Å². The van der Waals surface area contributed by atoms with Crippen LogP contribution in [0.4, 0.5) is 0 Å². The summed E-state index contributed by atoms with van der Waals surface area (Å²) < 4.78 is 32.2. The summed E-state index contributed by atoms with van der Waals surface area (Å²) in [6.45, 7) is 4.62. The van der Waals surface area contributed by atoms with Crippen LogP contribution in [-0.2, 0) is 20.5 Å². The molecule has 1 atom stereocenters. The lowest BCUT2D eigenvalue weighted by atomic mass is 10.2. The zero-order valence-corrected chi connectivity index (χ0v) is 12.8. The van der Waals surface area contributed by atoms with Gasteiger partial charge < -0.3 is 9.64 Å². The summed E-state index contributed by atoms with van der Waals surface area (Å²) in [5.74, 6) is 0.00976. The molecule has 112 valence electrons. The predicted octanol–water partition coefficient (Wildman–Crippen LogP) is 0.745. The zero-order valence-electron chi connectivity index (χ0n) is 12.0. The SMILES string of the molecule is Cc1ccc(CS(=O)(=O)NCC2CN(C)CCO2)cc1. The Hall–Kier alpha value is -0.950. The van der Waals surface area contributed by atoms with Gasteiger partial charge in [-0.15, -0.1) is 0 Å². The van der Waals surface area contributed by atoms with Crippen molar-refractivity contribution in [3.8, 4) is 0 Å². The fourth-order valence-electron chi connectivity index (χ4n) is 2.16. The Bertz CT molecular complexity index is 528. The first-order chi connectivity index (χ1) is 9.44. The van der Waals surface area contributed by atoms with Gasteiger partial charge in [0.05, 0.1) is 18.5 Å². The monoisotopic (exact) mass is 298 g/mol. The Morgan fingerprint density at radius 1 is 1.35 bits per heavy atom. The minimum atomic E-state index is -3.31. The zero-order chi connectivity index (χ0) is 14.6. The third-order valence-corrected chi connectivity index (χ3v) is 4.67. The fourth-order valence-corrected chi connectivity index (χ4v) is 3.34. The number of nitrogens with zero attached hydrogens (tertiary/aromatic N) is 1. The number of hydrogen-bond acceptors (Lipinski definition) is 4. The molecule has 0 radical (unpaired) electrons. The fraction of sp³-hybridized carbons (Fsp3) is 0.571. The second-order valence-corrected chi connectivity index (χ2v) is 7.16. The average Bonchev–Trinajstić information content (AvgIpc) is 2.39. The molecule has 1 aliphatic heterocycles. The van der Waals surface area contributed by atoms with Gasteiger partial charge in [0.1, 0.15) is 0 Å². The van der Waals surface area contributed by atoms with E-state index in [1.165, 1.54) is 0 Å². The molecule has 2 rings (SSSR count). The molecule has 6 heteroatoms. The molecular weight excluding hydrogens is 276 g/mol. The van der Waals surface area contributed by atoms with Gasteiger partial charge in [-0.1, -0.05) is 29.8 Å². The van der Waals surface area contributed by atoms with Crippen LogP contribution in [0.25, 0.3) is 0 Å². The van der Waals surface area contributed by atoms with Crippen LogP contribution >= 0.6 is 0 Å². The van der Waals surface area contributed by atoms with Crippen molar-refractivity contribution in [3.05, 3.63) is 35.4 Å². The highest BCUT2D eigenvalue weighted by Gasteiger charge is 2.20. The molecule has 1 aromatic carbocycles. The Balaban J connectivity index is 1.86. The molecule has 1 fully saturated rings. The number of hydrogen-bond donors (Lipinski definition) is 1. The van der Waals surface area contributed by atoms with E-state index in [1.807, 2.05) is 38.2 Å². The maximum atomic E-state index is 12.0. The van der Waals surface area contributed by atoms with Gasteiger partial charge in [0.25, 0.3) is 0 Å². The summed E-state index contributed by atoms with van der Waals surface area (Å²) in [5, 5.41) is 0. The van der Waals surface area contributed by atoms with E-state index >= 15 is 0 Å². The summed E-state index contributed by atoms with van der Waals surface area (Å²) in [4.78, 5) is 2.14. The van der Waals surface area contributed by atoms with Gasteiger partial charge in [0, 0.05) is 19.6 Å². The van der Waals surface area contributed by atoms with E-state index in [2.05, 4.69) is 9.62 Å². The minimum absolute atomic E-state index is 0.00976. The summed E-state index contributed by atoms with van der Waals surface area (Å²) in [7, 11) is -1.30. The van der Waals surface area contributed by atoms with Crippen LogP contribution in [0.15, 0.2) is 24.3 Å². The lowest BCUT2D eigenvalue weighted by Crippen LogP contribution is -2.46. The van der Waals surface area contributed by atoms with Gasteiger partial charge in [-0.05, 0) is 19.5 Å². The van der Waals surface area contributed by atoms with Crippen LogP contribution in [0, 0.1) is 6.92 Å². The van der Waals surface area contributed by atoms with Gasteiger partial charge in [-0.25, -0.2) is 13.1 Å². The first-order valence-electron chi connectivity index (χ1n) is 6.78. The van der Waals surface area contributed by atoms with Crippen molar-refractivity contribution in [1.82, 2.24) is 9.62 Å². The Kier molecular flexibility index (Phi) is 5.15. The van der Waals surface area contributed by atoms with Crippen LogP contribution in [0.3, 0.4) is 0 Å². The number of likely N-dealkylation sites (N-methyl/N-ethyl adjacent to an activating group) is 1. The topological polar surface area (TPSA) is 58.6 Å². The largest absolute Gasteiger partial charge is 0.374 e. The second-order valence-electron chi connectivity index (χ2n) is 5.35. The van der Waals surface area contributed by atoms with E-state index < -0.39 is 10.0 Å². The lowest BCUT2D eigenvalue weighted by Gasteiger charge is -2.30. The predicted molar refractivity (Wildman–Crippen MR) is 79.0 cm³/mol. The van der Waals surface area contributed by atoms with Crippen LogP contribution < -0.4 is 4.72 Å². The number of sulfonamides is 1. The van der Waals surface area contributed by atoms with Gasteiger partial charge in [0.2, 0.25) is 10.0 Å². The first kappa shape index (κ1) is 15.4. The molecular formula is C14H22N2O3S. The third kappa shape index (κ3) is 4.86. The molecule has 5 nitrogen and oxygen atoms in total. The van der Waals surface area contributed by atoms with E-state index in [1.54, 1.807) is 0 Å². The van der Waals surface area contributed by atoms with E-state index in [0.717, 1.165) is 24.2 Å². The standard InChI is InChI=1S/C14H22N2O3S/c1-12-3-5-13(6-4-12)11-20(17,18)15-9-14-10-16(2)7-8-19-14/h3-6,14-15H,7-11H2,1-2H3. The molecule has 1 saturated heterocycles. The van der Waals surface area contributed by atoms with E-state index in [9.17, 15) is 8.42 Å². The van der Waals surface area contributed by atoms with Crippen molar-refractivity contribution in [2.45, 2.75) is 18.8 Å². The van der Waals surface area contributed by atoms with Gasteiger partial charge in [0.15, 0.2) is 0 Å². The quantitative estimate of drug-likeness (QED) is 0.871. The van der Waals surface area contributed by atoms with Crippen molar-refractivity contribution in [2.75, 3.05) is 33.3 Å². The van der Waals surface area contributed by atoms with Crippen molar-refractivity contribution in [3.63, 3.8) is 0 Å². The molecule has 0 aromatic heterocycles. The maximum absolute atomic E-state index is 12.0. The summed E-state index contributed by atoms with van der Waals surface area (Å²) >= 11 is 0. The normalized spacial score (nSPS) is 21.0. The highest BCUT2D eigenvalue weighted by molar-refractivity contribution is 7.88. The number of benzene rings is 1. The Labute approximate surface area is 121 Å². The van der Waals surface area contributed by atoms with Crippen LogP contribution in [0.2, 0.25) is 0 Å². The van der Waals surface area contributed by atoms with Crippen molar-refractivity contribution < 1.29 is 13.2 Å². The highest BCUT2D eigenvalue weighted by Crippen LogP contribution is 2.08. The average molecular weight is 298 g/mol. The molecule has 0 bridgehead atoms. The van der Waals surface area contributed by atoms with Crippen molar-refractivity contribution >= 4 is 10.0 Å². The number of aryl methyl sites for hydroxylation is 1. The van der Waals surface area contributed by atoms with Crippen molar-refractivity contribution in [2.24, 2.45) is 0 Å². The number of morpholine rings is 1. The van der Waals surface area contributed by atoms with E-state index in [0.29, 0.717) is 13.2 Å². The Morgan fingerprint density at radius 3 is 2.70 bits per heavy atom.